The Bertz CT molecular complexity index is 1030. The minimum absolute atomic E-state index is 0.128. The van der Waals surface area contributed by atoms with E-state index in [9.17, 15) is 30.7 Å². The van der Waals surface area contributed by atoms with E-state index in [1.54, 1.807) is 0 Å². The molecule has 2 aliphatic heterocycles. The number of rotatable bonds is 3. The zero-order valence-corrected chi connectivity index (χ0v) is 16.2. The predicted octanol–water partition coefficient (Wildman–Crippen LogP) is 5.46. The van der Waals surface area contributed by atoms with Gasteiger partial charge < -0.3 is 5.32 Å². The minimum Gasteiger partial charge on any atom is -0.310 e. The third-order valence-corrected chi connectivity index (χ3v) is 5.49. The Kier molecular flexibility index (Phi) is 5.03. The van der Waals surface area contributed by atoms with Crippen LogP contribution < -0.4 is 10.8 Å². The summed E-state index contributed by atoms with van der Waals surface area (Å²) in [6, 6.07) is 7.33. The van der Waals surface area contributed by atoms with Crippen molar-refractivity contribution in [3.8, 4) is 0 Å². The van der Waals surface area contributed by atoms with Crippen LogP contribution >= 0.6 is 11.6 Å². The van der Waals surface area contributed by atoms with Crippen LogP contribution in [-0.4, -0.2) is 19.3 Å². The van der Waals surface area contributed by atoms with E-state index in [4.69, 9.17) is 16.4 Å². The maximum atomic E-state index is 14.4. The summed E-state index contributed by atoms with van der Waals surface area (Å²) in [6.07, 6.45) is -9.38. The highest BCUT2D eigenvalue weighted by atomic mass is 35.5. The van der Waals surface area contributed by atoms with Crippen LogP contribution in [0.2, 0.25) is 5.02 Å². The van der Waals surface area contributed by atoms with Gasteiger partial charge in [0.15, 0.2) is 5.67 Å². The fourth-order valence-corrected chi connectivity index (χ4v) is 3.69. The Labute approximate surface area is 176 Å². The average Bonchev–Trinajstić information content (AvgIpc) is 3.12. The molecule has 0 aromatic heterocycles. The van der Waals surface area contributed by atoms with Gasteiger partial charge in [-0.05, 0) is 35.4 Å². The van der Waals surface area contributed by atoms with Crippen LogP contribution in [-0.2, 0) is 22.3 Å². The largest absolute Gasteiger partial charge is 0.428 e. The van der Waals surface area contributed by atoms with Gasteiger partial charge in [-0.15, -0.1) is 0 Å². The highest BCUT2D eigenvalue weighted by Crippen LogP contribution is 2.49. The average molecular weight is 467 g/mol. The molecule has 2 aromatic carbocycles. The lowest BCUT2D eigenvalue weighted by Gasteiger charge is -2.35. The number of alkyl halides is 7. The van der Waals surface area contributed by atoms with Gasteiger partial charge >= 0.3 is 12.4 Å². The van der Waals surface area contributed by atoms with Gasteiger partial charge in [0.05, 0.1) is 11.3 Å². The molecule has 0 spiro atoms. The number of halogens is 8. The molecular formula is C20H14ClF7N2O. The molecule has 0 amide bonds. The Morgan fingerprint density at radius 1 is 0.903 bits per heavy atom. The van der Waals surface area contributed by atoms with Crippen LogP contribution in [0.4, 0.5) is 30.7 Å². The molecule has 11 heteroatoms. The first-order valence-corrected chi connectivity index (χ1v) is 9.34. The number of hydrogen-bond donors (Lipinski definition) is 2. The smallest absolute Gasteiger partial charge is 0.310 e. The van der Waals surface area contributed by atoms with Crippen LogP contribution in [0.15, 0.2) is 48.5 Å². The van der Waals surface area contributed by atoms with E-state index < -0.39 is 39.8 Å². The van der Waals surface area contributed by atoms with E-state index in [2.05, 4.69) is 10.8 Å². The summed E-state index contributed by atoms with van der Waals surface area (Å²) < 4.78 is 95.9. The van der Waals surface area contributed by atoms with Gasteiger partial charge in [-0.2, -0.15) is 26.3 Å². The lowest BCUT2D eigenvalue weighted by Crippen LogP contribution is -2.53. The molecule has 1 unspecified atom stereocenters. The Hall–Kier alpha value is -2.30. The summed E-state index contributed by atoms with van der Waals surface area (Å²) in [7, 11) is 0. The fourth-order valence-electron chi connectivity index (χ4n) is 3.45. The molecule has 0 radical (unpaired) electrons. The number of hydroxylamine groups is 1. The highest BCUT2D eigenvalue weighted by Gasteiger charge is 2.60. The number of hydrogen-bond acceptors (Lipinski definition) is 3. The van der Waals surface area contributed by atoms with Crippen LogP contribution in [0.25, 0.3) is 5.70 Å². The maximum Gasteiger partial charge on any atom is 0.428 e. The molecule has 2 aromatic rings. The molecule has 1 fully saturated rings. The van der Waals surface area contributed by atoms with Gasteiger partial charge in [0.25, 0.3) is 0 Å². The van der Waals surface area contributed by atoms with Crippen LogP contribution in [0, 0.1) is 0 Å². The molecule has 1 atom stereocenters. The standard InChI is InChI=1S/C20H14ClF7N2O/c21-15-6-13(5-14(7-15)19(23,24)25)18(20(26,27)28)8-16(30-31-18)11-1-3-12(4-2-11)17(22)9-29-10-17/h1-8,29-30H,9-10H2. The molecular weight excluding hydrogens is 453 g/mol. The van der Waals surface area contributed by atoms with E-state index in [0.29, 0.717) is 23.8 Å². The Balaban J connectivity index is 1.76. The van der Waals surface area contributed by atoms with Gasteiger partial charge in [-0.1, -0.05) is 35.9 Å². The predicted molar refractivity (Wildman–Crippen MR) is 98.5 cm³/mol. The van der Waals surface area contributed by atoms with Gasteiger partial charge in [-0.25, -0.2) is 4.39 Å². The molecule has 0 saturated carbocycles. The first-order valence-electron chi connectivity index (χ1n) is 8.97. The van der Waals surface area contributed by atoms with E-state index in [1.807, 2.05) is 0 Å². The quantitative estimate of drug-likeness (QED) is 0.589. The first kappa shape index (κ1) is 21.9. The Morgan fingerprint density at radius 3 is 2.06 bits per heavy atom. The lowest BCUT2D eigenvalue weighted by molar-refractivity contribution is -0.269. The lowest BCUT2D eigenvalue weighted by atomic mass is 9.88. The van der Waals surface area contributed by atoms with E-state index in [1.165, 1.54) is 24.3 Å². The normalized spacial score (nSPS) is 23.2. The zero-order chi connectivity index (χ0) is 22.7. The minimum atomic E-state index is -5.12. The van der Waals surface area contributed by atoms with Crippen molar-refractivity contribution < 1.29 is 35.6 Å². The maximum absolute atomic E-state index is 14.4. The summed E-state index contributed by atoms with van der Waals surface area (Å²) >= 11 is 5.67. The van der Waals surface area contributed by atoms with Crippen molar-refractivity contribution in [1.82, 2.24) is 10.8 Å². The summed E-state index contributed by atoms with van der Waals surface area (Å²) in [5, 5.41) is 2.28. The molecule has 2 heterocycles. The van der Waals surface area contributed by atoms with E-state index >= 15 is 0 Å². The van der Waals surface area contributed by atoms with Gasteiger partial charge in [0, 0.05) is 23.7 Å². The summed E-state index contributed by atoms with van der Waals surface area (Å²) in [4.78, 5) is 4.83. The molecule has 2 N–H and O–H groups in total. The van der Waals surface area contributed by atoms with E-state index in [0.717, 1.165) is 6.07 Å². The fraction of sp³-hybridized carbons (Fsp3) is 0.300. The molecule has 3 nitrogen and oxygen atoms in total. The van der Waals surface area contributed by atoms with Crippen molar-refractivity contribution in [1.29, 1.82) is 0 Å². The molecule has 4 rings (SSSR count). The summed E-state index contributed by atoms with van der Waals surface area (Å²) in [5.74, 6) is 0. The SMILES string of the molecule is FC(F)(F)c1cc(Cl)cc(C2(C(F)(F)F)C=C(c3ccc(C4(F)CNC4)cc3)NO2)c1. The second-order valence-corrected chi connectivity index (χ2v) is 7.80. The van der Waals surface area contributed by atoms with Gasteiger partial charge in [0.2, 0.25) is 5.60 Å². The van der Waals surface area contributed by atoms with Crippen molar-refractivity contribution in [3.63, 3.8) is 0 Å². The Morgan fingerprint density at radius 2 is 1.55 bits per heavy atom. The molecule has 0 bridgehead atoms. The topological polar surface area (TPSA) is 33.3 Å². The molecule has 31 heavy (non-hydrogen) atoms. The zero-order valence-electron chi connectivity index (χ0n) is 15.5. The third kappa shape index (κ3) is 3.77. The summed E-state index contributed by atoms with van der Waals surface area (Å²) in [5.41, 5.74) is -4.30. The van der Waals surface area contributed by atoms with Crippen molar-refractivity contribution in [3.05, 3.63) is 75.8 Å². The molecule has 166 valence electrons. The first-order chi connectivity index (χ1) is 14.3. The van der Waals surface area contributed by atoms with Crippen molar-refractivity contribution >= 4 is 17.3 Å². The van der Waals surface area contributed by atoms with Crippen LogP contribution in [0.5, 0.6) is 0 Å². The van der Waals surface area contributed by atoms with Crippen molar-refractivity contribution in [2.75, 3.05) is 13.1 Å². The number of nitrogens with one attached hydrogen (secondary N) is 2. The van der Waals surface area contributed by atoms with Crippen molar-refractivity contribution in [2.24, 2.45) is 0 Å². The number of benzene rings is 2. The van der Waals surface area contributed by atoms with Gasteiger partial charge in [0.1, 0.15) is 0 Å². The van der Waals surface area contributed by atoms with E-state index in [-0.39, 0.29) is 24.4 Å². The monoisotopic (exact) mass is 466 g/mol. The second kappa shape index (κ2) is 7.11. The van der Waals surface area contributed by atoms with Crippen LogP contribution in [0.3, 0.4) is 0 Å². The molecule has 0 aliphatic carbocycles. The summed E-state index contributed by atoms with van der Waals surface area (Å²) in [6.45, 7) is 0.258. The molecule has 1 saturated heterocycles. The molecule has 2 aliphatic rings. The third-order valence-electron chi connectivity index (χ3n) is 5.27. The highest BCUT2D eigenvalue weighted by molar-refractivity contribution is 6.30. The van der Waals surface area contributed by atoms with Crippen molar-refractivity contribution in [2.45, 2.75) is 23.6 Å². The second-order valence-electron chi connectivity index (χ2n) is 7.37. The van der Waals surface area contributed by atoms with Gasteiger partial charge in [-0.3, -0.25) is 10.3 Å². The van der Waals surface area contributed by atoms with Crippen LogP contribution in [0.1, 0.15) is 22.3 Å².